The zero-order valence-electron chi connectivity index (χ0n) is 7.55. The van der Waals surface area contributed by atoms with Crippen molar-refractivity contribution in [2.24, 2.45) is 11.7 Å². The Balaban J connectivity index is 2.09. The molecule has 0 bridgehead atoms. The van der Waals surface area contributed by atoms with Crippen molar-refractivity contribution in [3.63, 3.8) is 0 Å². The van der Waals surface area contributed by atoms with E-state index in [1.807, 2.05) is 0 Å². The molecule has 2 N–H and O–H groups in total. The fourth-order valence-electron chi connectivity index (χ4n) is 1.84. The number of nitrogens with zero attached hydrogens (tertiary/aromatic N) is 1. The van der Waals surface area contributed by atoms with Crippen LogP contribution in [0.1, 0.15) is 26.2 Å². The first-order valence-corrected chi connectivity index (χ1v) is 4.79. The molecule has 1 rings (SSSR count). The number of hydrogen-bond donors (Lipinski definition) is 1. The van der Waals surface area contributed by atoms with E-state index in [9.17, 15) is 0 Å². The maximum Gasteiger partial charge on any atom is 0.00100 e. The molecule has 0 amide bonds. The van der Waals surface area contributed by atoms with Crippen LogP contribution < -0.4 is 5.73 Å². The first kappa shape index (κ1) is 9.01. The molecule has 11 heavy (non-hydrogen) atoms. The molecule has 0 aromatic heterocycles. The van der Waals surface area contributed by atoms with Crippen LogP contribution in [0.2, 0.25) is 0 Å². The Kier molecular flexibility index (Phi) is 3.87. The van der Waals surface area contributed by atoms with Crippen molar-refractivity contribution >= 4 is 0 Å². The van der Waals surface area contributed by atoms with Crippen LogP contribution in [0.4, 0.5) is 0 Å². The van der Waals surface area contributed by atoms with Crippen LogP contribution >= 0.6 is 0 Å². The summed E-state index contributed by atoms with van der Waals surface area (Å²) in [5.41, 5.74) is 5.46. The molecule has 1 fully saturated rings. The van der Waals surface area contributed by atoms with Gasteiger partial charge in [-0.2, -0.15) is 0 Å². The molecule has 0 saturated carbocycles. The van der Waals surface area contributed by atoms with E-state index in [4.69, 9.17) is 5.73 Å². The van der Waals surface area contributed by atoms with Crippen LogP contribution in [0.15, 0.2) is 0 Å². The molecule has 1 unspecified atom stereocenters. The Morgan fingerprint density at radius 2 is 2.36 bits per heavy atom. The molecule has 2 nitrogen and oxygen atoms in total. The van der Waals surface area contributed by atoms with E-state index >= 15 is 0 Å². The minimum Gasteiger partial charge on any atom is -0.330 e. The summed E-state index contributed by atoms with van der Waals surface area (Å²) in [6.45, 7) is 6.95. The molecule has 1 aliphatic rings. The lowest BCUT2D eigenvalue weighted by molar-refractivity contribution is 0.337. The molecule has 2 heteroatoms. The maximum atomic E-state index is 5.46. The predicted octanol–water partition coefficient (Wildman–Crippen LogP) is 1.07. The molecule has 0 aromatic carbocycles. The monoisotopic (exact) mass is 156 g/mol. The summed E-state index contributed by atoms with van der Waals surface area (Å²) in [4.78, 5) is 2.53. The molecule has 1 aliphatic heterocycles. The lowest BCUT2D eigenvalue weighted by Crippen LogP contribution is -2.19. The molecule has 0 spiro atoms. The number of hydrogen-bond acceptors (Lipinski definition) is 2. The van der Waals surface area contributed by atoms with Gasteiger partial charge in [0.1, 0.15) is 0 Å². The first-order chi connectivity index (χ1) is 5.36. The SMILES string of the molecule is CCN1CCC(CCCN)C1. The third kappa shape index (κ3) is 2.80. The minimum absolute atomic E-state index is 0.864. The van der Waals surface area contributed by atoms with E-state index in [-0.39, 0.29) is 0 Å². The van der Waals surface area contributed by atoms with Crippen LogP contribution in [0.25, 0.3) is 0 Å². The summed E-state index contributed by atoms with van der Waals surface area (Å²) < 4.78 is 0. The van der Waals surface area contributed by atoms with E-state index in [1.165, 1.54) is 38.9 Å². The Morgan fingerprint density at radius 3 is 2.91 bits per heavy atom. The highest BCUT2D eigenvalue weighted by molar-refractivity contribution is 4.74. The highest BCUT2D eigenvalue weighted by atomic mass is 15.1. The normalized spacial score (nSPS) is 26.2. The van der Waals surface area contributed by atoms with E-state index < -0.39 is 0 Å². The van der Waals surface area contributed by atoms with Crippen LogP contribution in [-0.2, 0) is 0 Å². The molecule has 1 heterocycles. The van der Waals surface area contributed by atoms with E-state index in [1.54, 1.807) is 0 Å². The topological polar surface area (TPSA) is 29.3 Å². The zero-order chi connectivity index (χ0) is 8.10. The van der Waals surface area contributed by atoms with Gasteiger partial charge in [-0.25, -0.2) is 0 Å². The second-order valence-electron chi connectivity index (χ2n) is 3.48. The van der Waals surface area contributed by atoms with Gasteiger partial charge in [0, 0.05) is 6.54 Å². The highest BCUT2D eigenvalue weighted by Gasteiger charge is 2.19. The average Bonchev–Trinajstić information content (AvgIpc) is 2.48. The Hall–Kier alpha value is -0.0800. The number of nitrogens with two attached hydrogens (primary N) is 1. The van der Waals surface area contributed by atoms with E-state index in [2.05, 4.69) is 11.8 Å². The van der Waals surface area contributed by atoms with Gasteiger partial charge >= 0.3 is 0 Å². The van der Waals surface area contributed by atoms with Gasteiger partial charge in [-0.1, -0.05) is 6.92 Å². The molecule has 0 aromatic rings. The third-order valence-corrected chi connectivity index (χ3v) is 2.63. The Morgan fingerprint density at radius 1 is 1.55 bits per heavy atom. The molecular weight excluding hydrogens is 136 g/mol. The molecule has 0 aliphatic carbocycles. The summed E-state index contributed by atoms with van der Waals surface area (Å²) in [5, 5.41) is 0. The molecule has 0 radical (unpaired) electrons. The van der Waals surface area contributed by atoms with Crippen LogP contribution in [0.5, 0.6) is 0 Å². The summed E-state index contributed by atoms with van der Waals surface area (Å²) in [6, 6.07) is 0. The fourth-order valence-corrected chi connectivity index (χ4v) is 1.84. The van der Waals surface area contributed by atoms with Crippen molar-refractivity contribution in [1.82, 2.24) is 4.90 Å². The smallest absolute Gasteiger partial charge is 0.00100 e. The van der Waals surface area contributed by atoms with E-state index in [0.29, 0.717) is 0 Å². The van der Waals surface area contributed by atoms with Crippen molar-refractivity contribution < 1.29 is 0 Å². The summed E-state index contributed by atoms with van der Waals surface area (Å²) >= 11 is 0. The minimum atomic E-state index is 0.864. The quantitative estimate of drug-likeness (QED) is 0.659. The van der Waals surface area contributed by atoms with Gasteiger partial charge in [0.2, 0.25) is 0 Å². The van der Waals surface area contributed by atoms with Gasteiger partial charge < -0.3 is 10.6 Å². The first-order valence-electron chi connectivity index (χ1n) is 4.79. The summed E-state index contributed by atoms with van der Waals surface area (Å²) in [5.74, 6) is 0.943. The Bertz CT molecular complexity index is 104. The predicted molar refractivity (Wildman–Crippen MR) is 48.5 cm³/mol. The van der Waals surface area contributed by atoms with Crippen molar-refractivity contribution in [2.45, 2.75) is 26.2 Å². The lowest BCUT2D eigenvalue weighted by atomic mass is 10.0. The largest absolute Gasteiger partial charge is 0.330 e. The van der Waals surface area contributed by atoms with Crippen LogP contribution in [0, 0.1) is 5.92 Å². The average molecular weight is 156 g/mol. The summed E-state index contributed by atoms with van der Waals surface area (Å²) in [6.07, 6.45) is 3.95. The molecule has 66 valence electrons. The number of rotatable bonds is 4. The summed E-state index contributed by atoms with van der Waals surface area (Å²) in [7, 11) is 0. The number of likely N-dealkylation sites (tertiary alicyclic amines) is 1. The van der Waals surface area contributed by atoms with Crippen LogP contribution in [-0.4, -0.2) is 31.1 Å². The Labute approximate surface area is 69.8 Å². The van der Waals surface area contributed by atoms with Crippen LogP contribution in [0.3, 0.4) is 0 Å². The van der Waals surface area contributed by atoms with Gasteiger partial charge in [-0.05, 0) is 44.8 Å². The van der Waals surface area contributed by atoms with Crippen molar-refractivity contribution in [3.8, 4) is 0 Å². The molecule has 1 saturated heterocycles. The standard InChI is InChI=1S/C9H20N2/c1-2-11-7-5-9(8-11)4-3-6-10/h9H,2-8,10H2,1H3. The lowest BCUT2D eigenvalue weighted by Gasteiger charge is -2.12. The second-order valence-corrected chi connectivity index (χ2v) is 3.48. The van der Waals surface area contributed by atoms with Gasteiger partial charge in [-0.15, -0.1) is 0 Å². The van der Waals surface area contributed by atoms with Gasteiger partial charge in [0.15, 0.2) is 0 Å². The van der Waals surface area contributed by atoms with E-state index in [0.717, 1.165) is 12.5 Å². The third-order valence-electron chi connectivity index (χ3n) is 2.63. The fraction of sp³-hybridized carbons (Fsp3) is 1.00. The molecular formula is C9H20N2. The van der Waals surface area contributed by atoms with Crippen molar-refractivity contribution in [1.29, 1.82) is 0 Å². The second kappa shape index (κ2) is 4.73. The van der Waals surface area contributed by atoms with Crippen molar-refractivity contribution in [2.75, 3.05) is 26.2 Å². The zero-order valence-corrected chi connectivity index (χ0v) is 7.55. The van der Waals surface area contributed by atoms with Gasteiger partial charge in [0.05, 0.1) is 0 Å². The van der Waals surface area contributed by atoms with Gasteiger partial charge in [-0.3, -0.25) is 0 Å². The molecule has 1 atom stereocenters. The van der Waals surface area contributed by atoms with Gasteiger partial charge in [0.25, 0.3) is 0 Å². The maximum absolute atomic E-state index is 5.46. The highest BCUT2D eigenvalue weighted by Crippen LogP contribution is 2.19. The van der Waals surface area contributed by atoms with Crippen molar-refractivity contribution in [3.05, 3.63) is 0 Å².